The fourth-order valence-electron chi connectivity index (χ4n) is 5.61. The second-order valence-electron chi connectivity index (χ2n) is 10.0. The van der Waals surface area contributed by atoms with Gasteiger partial charge < -0.3 is 20.1 Å². The first-order valence-corrected chi connectivity index (χ1v) is 13.9. The van der Waals surface area contributed by atoms with E-state index in [1.54, 1.807) is 0 Å². The minimum absolute atomic E-state index is 0.00268. The summed E-state index contributed by atoms with van der Waals surface area (Å²) in [5.41, 5.74) is 9.79. The van der Waals surface area contributed by atoms with E-state index in [9.17, 15) is 4.79 Å². The zero-order valence-electron chi connectivity index (χ0n) is 23.2. The van der Waals surface area contributed by atoms with E-state index in [4.69, 9.17) is 17.2 Å². The maximum absolute atomic E-state index is 12.0. The second kappa shape index (κ2) is 11.0. The van der Waals surface area contributed by atoms with Gasteiger partial charge in [-0.15, -0.1) is 0 Å². The molecule has 0 radical (unpaired) electrons. The highest BCUT2D eigenvalue weighted by Gasteiger charge is 2.42. The maximum Gasteiger partial charge on any atom is 0.224 e. The summed E-state index contributed by atoms with van der Waals surface area (Å²) in [5, 5.41) is 7.22. The van der Waals surface area contributed by atoms with Crippen LogP contribution in [0.5, 0.6) is 0 Å². The van der Waals surface area contributed by atoms with Crippen LogP contribution in [0.3, 0.4) is 0 Å². The zero-order valence-corrected chi connectivity index (χ0v) is 24.0. The lowest BCUT2D eigenvalue weighted by Gasteiger charge is -2.29. The van der Waals surface area contributed by atoms with Crippen LogP contribution in [0.25, 0.3) is 5.69 Å². The number of hydrogen-bond donors (Lipinski definition) is 2. The SMILES string of the molecule is CCC(=O)Nc1ccc(N2C(=S)N[C@H](c3ccccn3)[C@H]2c2cc(C)n(-c3ccccc3CC)c2C)cc1C. The number of thiocarbonyl (C=S) groups is 1. The Morgan fingerprint density at radius 3 is 2.49 bits per heavy atom. The molecule has 3 heterocycles. The summed E-state index contributed by atoms with van der Waals surface area (Å²) in [6.45, 7) is 10.4. The third kappa shape index (κ3) is 4.94. The molecule has 0 saturated carbocycles. The number of carbonyl (C=O) groups is 1. The predicted molar refractivity (Wildman–Crippen MR) is 163 cm³/mol. The highest BCUT2D eigenvalue weighted by atomic mass is 32.1. The van der Waals surface area contributed by atoms with Crippen molar-refractivity contribution in [2.24, 2.45) is 0 Å². The van der Waals surface area contributed by atoms with Gasteiger partial charge in [-0.05, 0) is 98.6 Å². The van der Waals surface area contributed by atoms with Crippen LogP contribution in [0, 0.1) is 20.8 Å². The monoisotopic (exact) mass is 537 g/mol. The van der Waals surface area contributed by atoms with Crippen molar-refractivity contribution in [1.29, 1.82) is 0 Å². The first-order chi connectivity index (χ1) is 18.8. The lowest BCUT2D eigenvalue weighted by molar-refractivity contribution is -0.115. The van der Waals surface area contributed by atoms with Crippen molar-refractivity contribution in [2.45, 2.75) is 59.5 Å². The molecule has 1 saturated heterocycles. The van der Waals surface area contributed by atoms with Crippen LogP contribution >= 0.6 is 12.2 Å². The average molecular weight is 538 g/mol. The van der Waals surface area contributed by atoms with Crippen LogP contribution in [0.4, 0.5) is 11.4 Å². The van der Waals surface area contributed by atoms with E-state index in [-0.39, 0.29) is 18.0 Å². The lowest BCUT2D eigenvalue weighted by atomic mass is 9.96. The number of anilines is 2. The van der Waals surface area contributed by atoms with Gasteiger partial charge in [0.15, 0.2) is 5.11 Å². The number of aromatic nitrogens is 2. The number of aryl methyl sites for hydroxylation is 3. The molecule has 0 bridgehead atoms. The molecule has 5 rings (SSSR count). The van der Waals surface area contributed by atoms with Gasteiger partial charge in [0.2, 0.25) is 5.91 Å². The number of carbonyl (C=O) groups excluding carboxylic acids is 1. The number of hydrogen-bond acceptors (Lipinski definition) is 3. The van der Waals surface area contributed by atoms with E-state index in [1.165, 1.54) is 28.2 Å². The largest absolute Gasteiger partial charge is 0.351 e. The summed E-state index contributed by atoms with van der Waals surface area (Å²) >= 11 is 5.97. The molecule has 0 spiro atoms. The van der Waals surface area contributed by atoms with Crippen molar-refractivity contribution < 1.29 is 4.79 Å². The minimum atomic E-state index is -0.131. The van der Waals surface area contributed by atoms with Gasteiger partial charge >= 0.3 is 0 Å². The number of nitrogens with zero attached hydrogens (tertiary/aromatic N) is 3. The quantitative estimate of drug-likeness (QED) is 0.252. The van der Waals surface area contributed by atoms with Gasteiger partial charge in [0.1, 0.15) is 0 Å². The number of amides is 1. The molecule has 2 atom stereocenters. The topological polar surface area (TPSA) is 62.2 Å². The molecule has 2 aromatic carbocycles. The highest BCUT2D eigenvalue weighted by molar-refractivity contribution is 7.80. The van der Waals surface area contributed by atoms with Gasteiger partial charge in [-0.1, -0.05) is 38.1 Å². The van der Waals surface area contributed by atoms with Crippen LogP contribution in [-0.4, -0.2) is 20.6 Å². The second-order valence-corrected chi connectivity index (χ2v) is 10.4. The van der Waals surface area contributed by atoms with Crippen LogP contribution in [0.2, 0.25) is 0 Å². The maximum atomic E-state index is 12.0. The molecule has 2 aromatic heterocycles. The number of nitrogens with one attached hydrogen (secondary N) is 2. The van der Waals surface area contributed by atoms with Crippen molar-refractivity contribution in [3.05, 3.63) is 107 Å². The summed E-state index contributed by atoms with van der Waals surface area (Å²) in [6.07, 6.45) is 3.22. The molecule has 1 aliphatic rings. The van der Waals surface area contributed by atoms with Crippen LogP contribution in [0.1, 0.15) is 66.1 Å². The fraction of sp³-hybridized carbons (Fsp3) is 0.281. The van der Waals surface area contributed by atoms with Gasteiger partial charge in [-0.3, -0.25) is 9.78 Å². The molecule has 1 aliphatic heterocycles. The van der Waals surface area contributed by atoms with E-state index in [2.05, 4.69) is 83.3 Å². The van der Waals surface area contributed by atoms with E-state index in [0.29, 0.717) is 11.5 Å². The predicted octanol–water partition coefficient (Wildman–Crippen LogP) is 6.89. The Morgan fingerprint density at radius 2 is 1.79 bits per heavy atom. The zero-order chi connectivity index (χ0) is 27.7. The summed E-state index contributed by atoms with van der Waals surface area (Å²) < 4.78 is 2.36. The molecule has 39 heavy (non-hydrogen) atoms. The van der Waals surface area contributed by atoms with Crippen molar-refractivity contribution in [1.82, 2.24) is 14.9 Å². The number of benzene rings is 2. The van der Waals surface area contributed by atoms with Crippen LogP contribution in [0.15, 0.2) is 72.9 Å². The normalized spacial score (nSPS) is 16.8. The van der Waals surface area contributed by atoms with E-state index in [0.717, 1.165) is 29.1 Å². The molecule has 1 fully saturated rings. The van der Waals surface area contributed by atoms with E-state index in [1.807, 2.05) is 44.3 Å². The molecule has 7 heteroatoms. The minimum Gasteiger partial charge on any atom is -0.351 e. The van der Waals surface area contributed by atoms with Crippen molar-refractivity contribution in [3.8, 4) is 5.69 Å². The van der Waals surface area contributed by atoms with Gasteiger partial charge in [0, 0.05) is 41.1 Å². The van der Waals surface area contributed by atoms with E-state index >= 15 is 0 Å². The van der Waals surface area contributed by atoms with Gasteiger partial charge in [-0.2, -0.15) is 0 Å². The first kappa shape index (κ1) is 26.6. The molecule has 0 unspecified atom stereocenters. The Hall–Kier alpha value is -3.97. The van der Waals surface area contributed by atoms with Gasteiger partial charge in [-0.25, -0.2) is 0 Å². The van der Waals surface area contributed by atoms with Crippen molar-refractivity contribution >= 4 is 34.6 Å². The number of para-hydroxylation sites is 1. The summed E-state index contributed by atoms with van der Waals surface area (Å²) in [5.74, 6) is -0.00268. The smallest absolute Gasteiger partial charge is 0.224 e. The molecule has 2 N–H and O–H groups in total. The molecule has 1 amide bonds. The first-order valence-electron chi connectivity index (χ1n) is 13.5. The molecule has 4 aromatic rings. The highest BCUT2D eigenvalue weighted by Crippen LogP contribution is 2.44. The van der Waals surface area contributed by atoms with E-state index < -0.39 is 0 Å². The van der Waals surface area contributed by atoms with Crippen molar-refractivity contribution in [3.63, 3.8) is 0 Å². The number of rotatable bonds is 7. The Bertz CT molecular complexity index is 1530. The Kier molecular flexibility index (Phi) is 7.53. The molecule has 0 aliphatic carbocycles. The average Bonchev–Trinajstić information content (AvgIpc) is 3.44. The fourth-order valence-corrected chi connectivity index (χ4v) is 5.96. The molecule has 6 nitrogen and oxygen atoms in total. The van der Waals surface area contributed by atoms with Crippen molar-refractivity contribution in [2.75, 3.05) is 10.2 Å². The van der Waals surface area contributed by atoms with Gasteiger partial charge in [0.25, 0.3) is 0 Å². The Labute approximate surface area is 236 Å². The Balaban J connectivity index is 1.65. The Morgan fingerprint density at radius 1 is 1.03 bits per heavy atom. The third-order valence-corrected chi connectivity index (χ3v) is 7.90. The summed E-state index contributed by atoms with van der Waals surface area (Å²) in [7, 11) is 0. The summed E-state index contributed by atoms with van der Waals surface area (Å²) in [4.78, 5) is 18.9. The molecule has 200 valence electrons. The standard InChI is InChI=1S/C32H35N5OS/c1-6-23-12-8-9-14-28(23)36-21(4)19-25(22(36)5)31-30(27-13-10-11-17-33-27)35-32(39)37(31)24-15-16-26(20(3)18-24)34-29(38)7-2/h8-19,30-31H,6-7H2,1-5H3,(H,34,38)(H,35,39)/t30-,31-/m1/s1. The molecular weight excluding hydrogens is 502 g/mol. The van der Waals surface area contributed by atoms with Gasteiger partial charge in [0.05, 0.1) is 17.8 Å². The molecular formula is C32H35N5OS. The number of pyridine rings is 1. The summed E-state index contributed by atoms with van der Waals surface area (Å²) in [6, 6.07) is 22.7. The lowest BCUT2D eigenvalue weighted by Crippen LogP contribution is -2.29. The third-order valence-electron chi connectivity index (χ3n) is 7.58. The van der Waals surface area contributed by atoms with Crippen LogP contribution in [-0.2, 0) is 11.2 Å². The van der Waals surface area contributed by atoms with Crippen LogP contribution < -0.4 is 15.5 Å².